The number of ether oxygens (including phenoxy) is 1. The predicted octanol–water partition coefficient (Wildman–Crippen LogP) is 2.32. The molecule has 0 bridgehead atoms. The average molecular weight is 314 g/mol. The summed E-state index contributed by atoms with van der Waals surface area (Å²) in [4.78, 5) is 11.3. The zero-order valence-corrected chi connectivity index (χ0v) is 14.0. The van der Waals surface area contributed by atoms with Crippen molar-refractivity contribution >= 4 is 27.3 Å². The lowest BCUT2D eigenvalue weighted by molar-refractivity contribution is -0.114. The molecule has 118 valence electrons. The van der Waals surface area contributed by atoms with Crippen molar-refractivity contribution in [2.24, 2.45) is 0 Å². The van der Waals surface area contributed by atoms with Crippen LogP contribution in [0.15, 0.2) is 12.1 Å². The lowest BCUT2D eigenvalue weighted by atomic mass is 9.86. The second-order valence-corrected chi connectivity index (χ2v) is 7.66. The van der Waals surface area contributed by atoms with Gasteiger partial charge in [-0.15, -0.1) is 0 Å². The van der Waals surface area contributed by atoms with Crippen LogP contribution in [0.5, 0.6) is 5.75 Å². The zero-order valence-electron chi connectivity index (χ0n) is 13.2. The highest BCUT2D eigenvalue weighted by Gasteiger charge is 2.21. The minimum absolute atomic E-state index is 0.215. The Morgan fingerprint density at radius 1 is 1.19 bits per heavy atom. The van der Waals surface area contributed by atoms with Crippen LogP contribution in [0.25, 0.3) is 0 Å². The van der Waals surface area contributed by atoms with Gasteiger partial charge in [-0.2, -0.15) is 0 Å². The van der Waals surface area contributed by atoms with E-state index in [0.717, 1.165) is 11.8 Å². The number of benzene rings is 1. The van der Waals surface area contributed by atoms with E-state index in [9.17, 15) is 13.2 Å². The van der Waals surface area contributed by atoms with Crippen molar-refractivity contribution in [1.82, 2.24) is 0 Å². The third kappa shape index (κ3) is 4.93. The van der Waals surface area contributed by atoms with Crippen LogP contribution in [0, 0.1) is 0 Å². The van der Waals surface area contributed by atoms with Crippen LogP contribution in [0.2, 0.25) is 0 Å². The van der Waals surface area contributed by atoms with Crippen molar-refractivity contribution in [2.75, 3.05) is 23.4 Å². The first kappa shape index (κ1) is 17.3. The van der Waals surface area contributed by atoms with E-state index in [1.54, 1.807) is 12.1 Å². The molecule has 0 aliphatic heterocycles. The lowest BCUT2D eigenvalue weighted by Gasteiger charge is -2.23. The first-order chi connectivity index (χ1) is 9.44. The SMILES string of the molecule is COc1c(NC(C)=O)cc(C(C)(C)C)cc1NS(C)(=O)=O. The van der Waals surface area contributed by atoms with Gasteiger partial charge in [0.25, 0.3) is 0 Å². The summed E-state index contributed by atoms with van der Waals surface area (Å²) < 4.78 is 30.7. The molecule has 7 heteroatoms. The van der Waals surface area contributed by atoms with Gasteiger partial charge in [-0.05, 0) is 23.1 Å². The Kier molecular flexibility index (Phi) is 4.88. The molecule has 0 radical (unpaired) electrons. The van der Waals surface area contributed by atoms with E-state index in [4.69, 9.17) is 4.74 Å². The molecule has 0 aliphatic carbocycles. The molecule has 1 rings (SSSR count). The maximum atomic E-state index is 11.5. The van der Waals surface area contributed by atoms with E-state index in [1.165, 1.54) is 14.0 Å². The molecular formula is C14H22N2O4S. The molecule has 6 nitrogen and oxygen atoms in total. The van der Waals surface area contributed by atoms with E-state index in [1.807, 2.05) is 20.8 Å². The number of methoxy groups -OCH3 is 1. The fraction of sp³-hybridized carbons (Fsp3) is 0.500. The van der Waals surface area contributed by atoms with Gasteiger partial charge in [-0.3, -0.25) is 9.52 Å². The van der Waals surface area contributed by atoms with Crippen LogP contribution in [-0.2, 0) is 20.2 Å². The van der Waals surface area contributed by atoms with Crippen LogP contribution >= 0.6 is 0 Å². The molecule has 1 aromatic carbocycles. The number of hydrogen-bond donors (Lipinski definition) is 2. The summed E-state index contributed by atoms with van der Waals surface area (Å²) >= 11 is 0. The van der Waals surface area contributed by atoms with Crippen molar-refractivity contribution < 1.29 is 17.9 Å². The zero-order chi connectivity index (χ0) is 16.4. The number of carbonyl (C=O) groups excluding carboxylic acids is 1. The number of amides is 1. The van der Waals surface area contributed by atoms with Gasteiger partial charge in [0.05, 0.1) is 24.7 Å². The molecule has 0 spiro atoms. The summed E-state index contributed by atoms with van der Waals surface area (Å²) in [5, 5.41) is 2.66. The molecule has 1 amide bonds. The van der Waals surface area contributed by atoms with Gasteiger partial charge in [0.2, 0.25) is 15.9 Å². The van der Waals surface area contributed by atoms with E-state index in [0.29, 0.717) is 11.4 Å². The third-order valence-electron chi connectivity index (χ3n) is 2.77. The predicted molar refractivity (Wildman–Crippen MR) is 84.5 cm³/mol. The first-order valence-electron chi connectivity index (χ1n) is 6.42. The number of sulfonamides is 1. The largest absolute Gasteiger partial charge is 0.492 e. The normalized spacial score (nSPS) is 11.9. The van der Waals surface area contributed by atoms with Gasteiger partial charge in [0.15, 0.2) is 5.75 Å². The summed E-state index contributed by atoms with van der Waals surface area (Å²) in [6.07, 6.45) is 1.06. The second-order valence-electron chi connectivity index (χ2n) is 5.91. The van der Waals surface area contributed by atoms with Gasteiger partial charge >= 0.3 is 0 Å². The number of hydrogen-bond acceptors (Lipinski definition) is 4. The molecule has 2 N–H and O–H groups in total. The van der Waals surface area contributed by atoms with Crippen LogP contribution in [-0.4, -0.2) is 27.7 Å². The number of anilines is 2. The Balaban J connectivity index is 3.55. The summed E-state index contributed by atoms with van der Waals surface area (Å²) in [6, 6.07) is 3.50. The quantitative estimate of drug-likeness (QED) is 0.893. The smallest absolute Gasteiger partial charge is 0.229 e. The highest BCUT2D eigenvalue weighted by molar-refractivity contribution is 7.92. The third-order valence-corrected chi connectivity index (χ3v) is 3.36. The molecular weight excluding hydrogens is 292 g/mol. The number of carbonyl (C=O) groups is 1. The van der Waals surface area contributed by atoms with E-state index < -0.39 is 10.0 Å². The van der Waals surface area contributed by atoms with Crippen molar-refractivity contribution in [2.45, 2.75) is 33.1 Å². The minimum Gasteiger partial charge on any atom is -0.492 e. The van der Waals surface area contributed by atoms with Crippen molar-refractivity contribution in [3.63, 3.8) is 0 Å². The van der Waals surface area contributed by atoms with Crippen LogP contribution < -0.4 is 14.8 Å². The van der Waals surface area contributed by atoms with Crippen molar-refractivity contribution in [1.29, 1.82) is 0 Å². The lowest BCUT2D eigenvalue weighted by Crippen LogP contribution is -2.17. The molecule has 0 atom stereocenters. The Morgan fingerprint density at radius 2 is 1.71 bits per heavy atom. The average Bonchev–Trinajstić information content (AvgIpc) is 2.24. The van der Waals surface area contributed by atoms with Gasteiger partial charge < -0.3 is 10.1 Å². The Hall–Kier alpha value is -1.76. The minimum atomic E-state index is -3.46. The summed E-state index contributed by atoms with van der Waals surface area (Å²) in [5.74, 6) is 0.0216. The van der Waals surface area contributed by atoms with Crippen molar-refractivity contribution in [3.05, 3.63) is 17.7 Å². The Labute approximate surface area is 125 Å². The Morgan fingerprint density at radius 3 is 2.10 bits per heavy atom. The summed E-state index contributed by atoms with van der Waals surface area (Å²) in [5.41, 5.74) is 1.39. The molecule has 0 fully saturated rings. The second kappa shape index (κ2) is 5.93. The van der Waals surface area contributed by atoms with Gasteiger partial charge in [0.1, 0.15) is 0 Å². The standard InChI is InChI=1S/C14H22N2O4S/c1-9(17)15-11-7-10(14(2,3)4)8-12(13(11)20-5)16-21(6,18)19/h7-8,16H,1-6H3,(H,15,17). The number of rotatable bonds is 4. The molecule has 1 aromatic rings. The van der Waals surface area contributed by atoms with Crippen LogP contribution in [0.4, 0.5) is 11.4 Å². The van der Waals surface area contributed by atoms with Gasteiger partial charge in [-0.1, -0.05) is 20.8 Å². The van der Waals surface area contributed by atoms with Gasteiger partial charge in [-0.25, -0.2) is 8.42 Å². The van der Waals surface area contributed by atoms with E-state index in [2.05, 4.69) is 10.0 Å². The maximum Gasteiger partial charge on any atom is 0.229 e. The van der Waals surface area contributed by atoms with E-state index >= 15 is 0 Å². The topological polar surface area (TPSA) is 84.5 Å². The first-order valence-corrected chi connectivity index (χ1v) is 8.31. The highest BCUT2D eigenvalue weighted by atomic mass is 32.2. The summed E-state index contributed by atoms with van der Waals surface area (Å²) in [6.45, 7) is 7.37. The number of nitrogens with one attached hydrogen (secondary N) is 2. The van der Waals surface area contributed by atoms with Crippen LogP contribution in [0.1, 0.15) is 33.3 Å². The fourth-order valence-electron chi connectivity index (χ4n) is 1.84. The van der Waals surface area contributed by atoms with E-state index in [-0.39, 0.29) is 17.1 Å². The van der Waals surface area contributed by atoms with Crippen LogP contribution in [0.3, 0.4) is 0 Å². The Bertz CT molecular complexity index is 646. The van der Waals surface area contributed by atoms with Gasteiger partial charge in [0, 0.05) is 6.92 Å². The monoisotopic (exact) mass is 314 g/mol. The molecule has 0 heterocycles. The molecule has 0 saturated carbocycles. The molecule has 0 aliphatic rings. The maximum absolute atomic E-state index is 11.5. The summed E-state index contributed by atoms with van der Waals surface area (Å²) in [7, 11) is -2.04. The molecule has 0 unspecified atom stereocenters. The highest BCUT2D eigenvalue weighted by Crippen LogP contribution is 2.38. The molecule has 0 aromatic heterocycles. The van der Waals surface area contributed by atoms with Crippen molar-refractivity contribution in [3.8, 4) is 5.75 Å². The molecule has 0 saturated heterocycles. The fourth-order valence-corrected chi connectivity index (χ4v) is 2.39. The molecule has 21 heavy (non-hydrogen) atoms.